The van der Waals surface area contributed by atoms with Gasteiger partial charge >= 0.3 is 0 Å². The van der Waals surface area contributed by atoms with Crippen molar-refractivity contribution in [3.63, 3.8) is 0 Å². The van der Waals surface area contributed by atoms with Crippen LogP contribution in [-0.4, -0.2) is 4.40 Å². The second-order valence-electron chi connectivity index (χ2n) is 10.9. The first-order valence-electron chi connectivity index (χ1n) is 12.8. The molecule has 0 fully saturated rings. The zero-order valence-corrected chi connectivity index (χ0v) is 21.8. The molecule has 0 N–H and O–H groups in total. The van der Waals surface area contributed by atoms with Gasteiger partial charge in [-0.3, -0.25) is 0 Å². The summed E-state index contributed by atoms with van der Waals surface area (Å²) in [5.41, 5.74) is 10.4. The van der Waals surface area contributed by atoms with E-state index >= 15 is 0 Å². The Morgan fingerprint density at radius 3 is 2.38 bits per heavy atom. The maximum atomic E-state index is 7.89. The van der Waals surface area contributed by atoms with Crippen LogP contribution in [0.2, 0.25) is 0 Å². The van der Waals surface area contributed by atoms with Gasteiger partial charge in [0.05, 0.1) is 27.3 Å². The number of aryl methyl sites for hydroxylation is 3. The summed E-state index contributed by atoms with van der Waals surface area (Å²) in [7, 11) is 2.15. The molecule has 37 heavy (non-hydrogen) atoms. The van der Waals surface area contributed by atoms with E-state index in [0.29, 0.717) is 0 Å². The summed E-state index contributed by atoms with van der Waals surface area (Å²) in [4.78, 5) is 3.99. The highest BCUT2D eigenvalue weighted by molar-refractivity contribution is 6.28. The van der Waals surface area contributed by atoms with Gasteiger partial charge in [0.25, 0.3) is 5.54 Å². The Morgan fingerprint density at radius 2 is 1.62 bits per heavy atom. The molecule has 0 bridgehead atoms. The van der Waals surface area contributed by atoms with E-state index in [1.54, 1.807) is 0 Å². The highest BCUT2D eigenvalue weighted by atomic mass is 15.0. The molecule has 7 rings (SSSR count). The van der Waals surface area contributed by atoms with Crippen molar-refractivity contribution in [3.8, 4) is 11.1 Å². The molecule has 0 unspecified atom stereocenters. The summed E-state index contributed by atoms with van der Waals surface area (Å²) in [6, 6.07) is 26.4. The molecular weight excluding hydrogens is 450 g/mol. The lowest BCUT2D eigenvalue weighted by atomic mass is 9.90. The molecule has 0 amide bonds. The molecule has 0 spiro atoms. The SMILES string of the molecule is [C-]#[N+]C(C)(C)c1cc2cc[n+](C)c3c4c(C)c(C)cc5c6c(-c7ccccc7)cccc6n(c(c1)c23)c54. The third-order valence-corrected chi connectivity index (χ3v) is 8.36. The molecule has 3 aromatic heterocycles. The van der Waals surface area contributed by atoms with E-state index in [1.807, 2.05) is 13.8 Å². The summed E-state index contributed by atoms with van der Waals surface area (Å²) in [6.07, 6.45) is 2.16. The fraction of sp³-hybridized carbons (Fsp3) is 0.176. The van der Waals surface area contributed by atoms with E-state index in [-0.39, 0.29) is 0 Å². The van der Waals surface area contributed by atoms with E-state index < -0.39 is 5.54 Å². The molecule has 0 atom stereocenters. The summed E-state index contributed by atoms with van der Waals surface area (Å²) in [5.74, 6) is 0. The van der Waals surface area contributed by atoms with Crippen LogP contribution in [0.25, 0.3) is 65.0 Å². The van der Waals surface area contributed by atoms with Crippen LogP contribution in [0, 0.1) is 20.4 Å². The predicted molar refractivity (Wildman–Crippen MR) is 154 cm³/mol. The number of nitrogens with zero attached hydrogens (tertiary/aromatic N) is 3. The number of aromatic nitrogens is 2. The maximum absolute atomic E-state index is 7.89. The Hall–Kier alpha value is -4.42. The first-order chi connectivity index (χ1) is 17.8. The Kier molecular flexibility index (Phi) is 4.31. The minimum absolute atomic E-state index is 0.608. The van der Waals surface area contributed by atoms with Gasteiger partial charge < -0.3 is 9.25 Å². The van der Waals surface area contributed by atoms with Crippen molar-refractivity contribution in [1.82, 2.24) is 4.40 Å². The Labute approximate surface area is 216 Å². The minimum atomic E-state index is -0.608. The first-order valence-corrected chi connectivity index (χ1v) is 12.8. The fourth-order valence-electron chi connectivity index (χ4n) is 6.23. The Morgan fingerprint density at radius 1 is 0.838 bits per heavy atom. The molecule has 3 heterocycles. The third kappa shape index (κ3) is 2.79. The van der Waals surface area contributed by atoms with E-state index in [0.717, 1.165) is 11.1 Å². The molecule has 0 saturated carbocycles. The topological polar surface area (TPSA) is 12.7 Å². The van der Waals surface area contributed by atoms with Crippen LogP contribution >= 0.6 is 0 Å². The monoisotopic (exact) mass is 478 g/mol. The predicted octanol–water partition coefficient (Wildman–Crippen LogP) is 8.25. The summed E-state index contributed by atoms with van der Waals surface area (Å²) < 4.78 is 4.74. The average molecular weight is 479 g/mol. The van der Waals surface area contributed by atoms with Crippen molar-refractivity contribution in [2.45, 2.75) is 33.2 Å². The molecule has 0 saturated heterocycles. The zero-order chi connectivity index (χ0) is 25.6. The number of rotatable bonds is 2. The van der Waals surface area contributed by atoms with Crippen molar-refractivity contribution in [3.05, 3.63) is 107 Å². The third-order valence-electron chi connectivity index (χ3n) is 8.36. The molecule has 0 aliphatic heterocycles. The lowest BCUT2D eigenvalue weighted by Crippen LogP contribution is -2.29. The van der Waals surface area contributed by atoms with E-state index in [4.69, 9.17) is 6.57 Å². The second kappa shape index (κ2) is 7.31. The molecule has 0 aliphatic rings. The van der Waals surface area contributed by atoms with Crippen LogP contribution in [0.1, 0.15) is 30.5 Å². The van der Waals surface area contributed by atoms with Gasteiger partial charge in [-0.05, 0) is 65.8 Å². The van der Waals surface area contributed by atoms with Crippen LogP contribution in [-0.2, 0) is 12.6 Å². The van der Waals surface area contributed by atoms with Crippen molar-refractivity contribution in [2.24, 2.45) is 7.05 Å². The summed E-state index contributed by atoms with van der Waals surface area (Å²) in [6.45, 7) is 16.4. The Balaban J connectivity index is 1.85. The number of hydrogen-bond acceptors (Lipinski definition) is 0. The van der Waals surface area contributed by atoms with E-state index in [1.165, 1.54) is 65.7 Å². The van der Waals surface area contributed by atoms with Gasteiger partial charge in [0.15, 0.2) is 6.20 Å². The van der Waals surface area contributed by atoms with Crippen molar-refractivity contribution in [2.75, 3.05) is 0 Å². The fourth-order valence-corrected chi connectivity index (χ4v) is 6.23. The maximum Gasteiger partial charge on any atom is 0.252 e. The van der Waals surface area contributed by atoms with E-state index in [9.17, 15) is 0 Å². The van der Waals surface area contributed by atoms with E-state index in [2.05, 4.69) is 114 Å². The molecule has 3 nitrogen and oxygen atoms in total. The molecule has 0 aliphatic carbocycles. The largest absolute Gasteiger partial charge is 0.307 e. The van der Waals surface area contributed by atoms with Gasteiger partial charge in [-0.15, -0.1) is 0 Å². The Bertz CT molecular complexity index is 2090. The van der Waals surface area contributed by atoms with Gasteiger partial charge in [0.1, 0.15) is 7.05 Å². The van der Waals surface area contributed by atoms with Gasteiger partial charge in [-0.2, -0.15) is 0 Å². The minimum Gasteiger partial charge on any atom is -0.307 e. The van der Waals surface area contributed by atoms with Crippen LogP contribution in [0.15, 0.2) is 79.0 Å². The number of hydrogen-bond donors (Lipinski definition) is 0. The number of pyridine rings is 2. The van der Waals surface area contributed by atoms with Crippen molar-refractivity contribution >= 4 is 49.0 Å². The quantitative estimate of drug-likeness (QED) is 0.103. The van der Waals surface area contributed by atoms with Crippen LogP contribution < -0.4 is 4.57 Å². The van der Waals surface area contributed by atoms with Gasteiger partial charge in [-0.25, -0.2) is 11.1 Å². The summed E-state index contributed by atoms with van der Waals surface area (Å²) >= 11 is 0. The van der Waals surface area contributed by atoms with Gasteiger partial charge in [0.2, 0.25) is 5.52 Å². The van der Waals surface area contributed by atoms with Crippen LogP contribution in [0.3, 0.4) is 0 Å². The smallest absolute Gasteiger partial charge is 0.252 e. The highest BCUT2D eigenvalue weighted by Crippen LogP contribution is 2.45. The molecule has 0 radical (unpaired) electrons. The molecule has 178 valence electrons. The normalized spacial score (nSPS) is 12.4. The zero-order valence-electron chi connectivity index (χ0n) is 21.8. The second-order valence-corrected chi connectivity index (χ2v) is 10.9. The summed E-state index contributed by atoms with van der Waals surface area (Å²) in [5, 5.41) is 6.30. The number of fused-ring (bicyclic) bond motifs is 5. The standard InChI is InChI=1S/C34H28N3/c1-20-17-26-31-25(22-11-8-7-9-12-22)13-10-14-27(31)37-28-19-24(34(3,4)35-5)18-23-15-16-36(6)33(30(23)28)29(21(20)2)32(26)37/h7-19H,1-4,6H3/q+1. The molecular formula is C34H28N3+. The lowest BCUT2D eigenvalue weighted by molar-refractivity contribution is -0.643. The molecule has 3 heteroatoms. The molecule has 4 aromatic carbocycles. The van der Waals surface area contributed by atoms with Gasteiger partial charge in [-0.1, -0.05) is 42.5 Å². The van der Waals surface area contributed by atoms with Crippen LogP contribution in [0.4, 0.5) is 0 Å². The van der Waals surface area contributed by atoms with Crippen molar-refractivity contribution < 1.29 is 4.57 Å². The average Bonchev–Trinajstić information content (AvgIpc) is 3.24. The highest BCUT2D eigenvalue weighted by Gasteiger charge is 2.30. The van der Waals surface area contributed by atoms with Crippen molar-refractivity contribution in [1.29, 1.82) is 0 Å². The number of benzene rings is 4. The van der Waals surface area contributed by atoms with Crippen LogP contribution in [0.5, 0.6) is 0 Å². The molecule has 7 aromatic rings. The first kappa shape index (κ1) is 21.8. The lowest BCUT2D eigenvalue weighted by Gasteiger charge is -2.17. The van der Waals surface area contributed by atoms with Gasteiger partial charge in [0, 0.05) is 36.2 Å².